The van der Waals surface area contributed by atoms with Crippen LogP contribution in [0, 0.1) is 11.3 Å². The molecule has 1 aliphatic rings. The van der Waals surface area contributed by atoms with Gasteiger partial charge >= 0.3 is 12.1 Å². The van der Waals surface area contributed by atoms with Crippen molar-refractivity contribution in [1.29, 1.82) is 0 Å². The van der Waals surface area contributed by atoms with Gasteiger partial charge in [0.2, 0.25) is 0 Å². The Bertz CT molecular complexity index is 399. The van der Waals surface area contributed by atoms with Gasteiger partial charge in [-0.1, -0.05) is 13.0 Å². The van der Waals surface area contributed by atoms with Crippen molar-refractivity contribution >= 4 is 12.1 Å². The van der Waals surface area contributed by atoms with Crippen molar-refractivity contribution in [3.05, 3.63) is 12.7 Å². The van der Waals surface area contributed by atoms with Crippen molar-refractivity contribution in [3.63, 3.8) is 0 Å². The molecule has 1 heterocycles. The molecule has 2 unspecified atom stereocenters. The Morgan fingerprint density at radius 3 is 2.50 bits per heavy atom. The number of piperidine rings is 1. The molecule has 0 saturated carbocycles. The number of ether oxygens (including phenoxy) is 1. The Labute approximate surface area is 120 Å². The van der Waals surface area contributed by atoms with E-state index in [-0.39, 0.29) is 12.5 Å². The molecule has 1 aliphatic heterocycles. The SMILES string of the molecule is C=CC(C)C1(C(=O)O)CCCN(C(=O)OC(C)(C)C)C1. The summed E-state index contributed by atoms with van der Waals surface area (Å²) in [6, 6.07) is 0. The Kier molecular flexibility index (Phi) is 4.84. The summed E-state index contributed by atoms with van der Waals surface area (Å²) in [4.78, 5) is 25.3. The van der Waals surface area contributed by atoms with Crippen molar-refractivity contribution in [1.82, 2.24) is 4.90 Å². The van der Waals surface area contributed by atoms with E-state index in [1.165, 1.54) is 4.90 Å². The molecule has 114 valence electrons. The van der Waals surface area contributed by atoms with Gasteiger partial charge in [0.05, 0.1) is 5.41 Å². The molecule has 1 amide bonds. The van der Waals surface area contributed by atoms with Gasteiger partial charge in [0.1, 0.15) is 5.60 Å². The molecular weight excluding hydrogens is 258 g/mol. The van der Waals surface area contributed by atoms with E-state index >= 15 is 0 Å². The third-order valence-corrected chi connectivity index (χ3v) is 3.83. The average molecular weight is 283 g/mol. The first kappa shape index (κ1) is 16.5. The van der Waals surface area contributed by atoms with E-state index < -0.39 is 23.1 Å². The molecule has 1 fully saturated rings. The number of carbonyl (C=O) groups excluding carboxylic acids is 1. The van der Waals surface area contributed by atoms with Crippen LogP contribution in [0.2, 0.25) is 0 Å². The summed E-state index contributed by atoms with van der Waals surface area (Å²) < 4.78 is 5.33. The molecule has 0 spiro atoms. The second-order valence-electron chi connectivity index (χ2n) is 6.49. The molecule has 0 aliphatic carbocycles. The summed E-state index contributed by atoms with van der Waals surface area (Å²) in [5.74, 6) is -1.08. The first-order chi connectivity index (χ1) is 9.12. The Balaban J connectivity index is 2.91. The van der Waals surface area contributed by atoms with E-state index in [0.717, 1.165) is 0 Å². The lowest BCUT2D eigenvalue weighted by Gasteiger charge is -2.42. The summed E-state index contributed by atoms with van der Waals surface area (Å²) in [6.45, 7) is 11.6. The van der Waals surface area contributed by atoms with Gasteiger partial charge in [0, 0.05) is 13.1 Å². The van der Waals surface area contributed by atoms with Crippen LogP contribution in [-0.4, -0.2) is 40.8 Å². The number of likely N-dealkylation sites (tertiary alicyclic amines) is 1. The van der Waals surface area contributed by atoms with E-state index in [0.29, 0.717) is 19.4 Å². The smallest absolute Gasteiger partial charge is 0.410 e. The highest BCUT2D eigenvalue weighted by Crippen LogP contribution is 2.38. The topological polar surface area (TPSA) is 66.8 Å². The number of rotatable bonds is 3. The van der Waals surface area contributed by atoms with Crippen LogP contribution < -0.4 is 0 Å². The van der Waals surface area contributed by atoms with Crippen LogP contribution in [0.3, 0.4) is 0 Å². The Morgan fingerprint density at radius 2 is 2.05 bits per heavy atom. The Hall–Kier alpha value is -1.52. The third-order valence-electron chi connectivity index (χ3n) is 3.83. The van der Waals surface area contributed by atoms with Gasteiger partial charge in [-0.3, -0.25) is 4.79 Å². The van der Waals surface area contributed by atoms with Crippen LogP contribution in [0.4, 0.5) is 4.79 Å². The largest absolute Gasteiger partial charge is 0.481 e. The van der Waals surface area contributed by atoms with Crippen LogP contribution in [0.5, 0.6) is 0 Å². The van der Waals surface area contributed by atoms with Crippen molar-refractivity contribution in [2.75, 3.05) is 13.1 Å². The summed E-state index contributed by atoms with van der Waals surface area (Å²) in [6.07, 6.45) is 2.41. The van der Waals surface area contributed by atoms with Crippen molar-refractivity contribution in [2.24, 2.45) is 11.3 Å². The molecule has 2 atom stereocenters. The molecule has 1 saturated heterocycles. The van der Waals surface area contributed by atoms with Crippen molar-refractivity contribution in [2.45, 2.75) is 46.1 Å². The number of carboxylic acid groups (broad SMARTS) is 1. The van der Waals surface area contributed by atoms with E-state index in [1.54, 1.807) is 26.8 Å². The fraction of sp³-hybridized carbons (Fsp3) is 0.733. The molecule has 0 radical (unpaired) electrons. The quantitative estimate of drug-likeness (QED) is 0.809. The number of nitrogens with zero attached hydrogens (tertiary/aromatic N) is 1. The molecule has 0 aromatic heterocycles. The highest BCUT2D eigenvalue weighted by Gasteiger charge is 2.47. The first-order valence-electron chi connectivity index (χ1n) is 6.96. The van der Waals surface area contributed by atoms with E-state index in [4.69, 9.17) is 4.74 Å². The number of allylic oxidation sites excluding steroid dienone is 1. The van der Waals surface area contributed by atoms with Gasteiger partial charge in [0.25, 0.3) is 0 Å². The van der Waals surface area contributed by atoms with Gasteiger partial charge in [-0.2, -0.15) is 0 Å². The zero-order valence-electron chi connectivity index (χ0n) is 12.8. The van der Waals surface area contributed by atoms with Crippen molar-refractivity contribution in [3.8, 4) is 0 Å². The predicted octanol–water partition coefficient (Wildman–Crippen LogP) is 2.91. The second kappa shape index (κ2) is 5.85. The average Bonchev–Trinajstić information content (AvgIpc) is 2.35. The van der Waals surface area contributed by atoms with Gasteiger partial charge in [-0.05, 0) is 39.5 Å². The van der Waals surface area contributed by atoms with Crippen LogP contribution in [0.25, 0.3) is 0 Å². The van der Waals surface area contributed by atoms with Gasteiger partial charge in [0.15, 0.2) is 0 Å². The van der Waals surface area contributed by atoms with Crippen LogP contribution in [0.1, 0.15) is 40.5 Å². The number of carbonyl (C=O) groups is 2. The highest BCUT2D eigenvalue weighted by atomic mass is 16.6. The van der Waals surface area contributed by atoms with Crippen LogP contribution >= 0.6 is 0 Å². The summed E-state index contributed by atoms with van der Waals surface area (Å²) >= 11 is 0. The van der Waals surface area contributed by atoms with E-state index in [1.807, 2.05) is 6.92 Å². The summed E-state index contributed by atoms with van der Waals surface area (Å²) in [7, 11) is 0. The molecule has 5 heteroatoms. The minimum absolute atomic E-state index is 0.171. The first-order valence-corrected chi connectivity index (χ1v) is 6.96. The number of hydrogen-bond donors (Lipinski definition) is 1. The number of carboxylic acids is 1. The Morgan fingerprint density at radius 1 is 1.45 bits per heavy atom. The molecule has 0 bridgehead atoms. The summed E-state index contributed by atoms with van der Waals surface area (Å²) in [5.41, 5.74) is -1.54. The fourth-order valence-electron chi connectivity index (χ4n) is 2.53. The highest BCUT2D eigenvalue weighted by molar-refractivity contribution is 5.77. The molecule has 0 aromatic carbocycles. The predicted molar refractivity (Wildman–Crippen MR) is 76.5 cm³/mol. The zero-order chi connectivity index (χ0) is 15.6. The maximum Gasteiger partial charge on any atom is 0.410 e. The number of hydrogen-bond acceptors (Lipinski definition) is 3. The van der Waals surface area contributed by atoms with Gasteiger partial charge in [-0.25, -0.2) is 4.79 Å². The lowest BCUT2D eigenvalue weighted by atomic mass is 9.70. The third kappa shape index (κ3) is 3.52. The lowest BCUT2D eigenvalue weighted by molar-refractivity contribution is -0.155. The standard InChI is InChI=1S/C15H25NO4/c1-6-11(2)15(12(17)18)8-7-9-16(10-15)13(19)20-14(3,4)5/h6,11H,1,7-10H2,2-5H3,(H,17,18). The second-order valence-corrected chi connectivity index (χ2v) is 6.49. The molecule has 1 N–H and O–H groups in total. The zero-order valence-corrected chi connectivity index (χ0v) is 12.8. The number of aliphatic carboxylic acids is 1. The molecule has 20 heavy (non-hydrogen) atoms. The maximum atomic E-state index is 12.1. The fourth-order valence-corrected chi connectivity index (χ4v) is 2.53. The normalized spacial score (nSPS) is 24.9. The summed E-state index contributed by atoms with van der Waals surface area (Å²) in [5, 5.41) is 9.60. The van der Waals surface area contributed by atoms with Gasteiger partial charge in [-0.15, -0.1) is 6.58 Å². The molecule has 5 nitrogen and oxygen atoms in total. The van der Waals surface area contributed by atoms with E-state index in [9.17, 15) is 14.7 Å². The minimum atomic E-state index is -0.961. The maximum absolute atomic E-state index is 12.1. The van der Waals surface area contributed by atoms with Crippen molar-refractivity contribution < 1.29 is 19.4 Å². The molecule has 0 aromatic rings. The lowest BCUT2D eigenvalue weighted by Crippen LogP contribution is -2.53. The minimum Gasteiger partial charge on any atom is -0.481 e. The van der Waals surface area contributed by atoms with Gasteiger partial charge < -0.3 is 14.7 Å². The molecular formula is C15H25NO4. The van der Waals surface area contributed by atoms with Crippen LogP contribution in [-0.2, 0) is 9.53 Å². The van der Waals surface area contributed by atoms with Crippen LogP contribution in [0.15, 0.2) is 12.7 Å². The monoisotopic (exact) mass is 283 g/mol. The number of amides is 1. The van der Waals surface area contributed by atoms with E-state index in [2.05, 4.69) is 6.58 Å². The molecule has 1 rings (SSSR count).